The molecular weight excluding hydrogens is 308 g/mol. The first-order valence-corrected chi connectivity index (χ1v) is 7.70. The lowest BCUT2D eigenvalue weighted by molar-refractivity contribution is 0.104. The number of hydrogen-bond donors (Lipinski definition) is 0. The number of carbonyl (C=O) groups is 1. The van der Waals surface area contributed by atoms with E-state index in [0.717, 1.165) is 5.69 Å². The molecule has 0 aliphatic rings. The Kier molecular flexibility index (Phi) is 3.52. The highest BCUT2D eigenvalue weighted by Gasteiger charge is 2.20. The van der Waals surface area contributed by atoms with E-state index in [-0.39, 0.29) is 5.78 Å². The lowest BCUT2D eigenvalue weighted by atomic mass is 10.2. The molecule has 9 heteroatoms. The summed E-state index contributed by atoms with van der Waals surface area (Å²) in [6.07, 6.45) is 4.69. The van der Waals surface area contributed by atoms with Gasteiger partial charge in [-0.05, 0) is 6.92 Å². The van der Waals surface area contributed by atoms with E-state index in [0.29, 0.717) is 19.8 Å². The molecule has 0 aromatic carbocycles. The van der Waals surface area contributed by atoms with E-state index in [4.69, 9.17) is 0 Å². The molecule has 0 bridgehead atoms. The maximum atomic E-state index is 12.5. The van der Waals surface area contributed by atoms with Crippen molar-refractivity contribution in [1.82, 2.24) is 24.5 Å². The normalized spacial score (nSPS) is 11.6. The van der Waals surface area contributed by atoms with Gasteiger partial charge in [0.05, 0.1) is 23.1 Å². The highest BCUT2D eigenvalue weighted by Crippen LogP contribution is 2.28. The number of nitrogens with zero attached hydrogens (tertiary/aromatic N) is 6. The van der Waals surface area contributed by atoms with Crippen LogP contribution in [-0.4, -0.2) is 50.7 Å². The molecule has 0 aliphatic carbocycles. The number of aromatic nitrogens is 4. The smallest absolute Gasteiger partial charge is 0.216 e. The van der Waals surface area contributed by atoms with Crippen molar-refractivity contribution in [2.75, 3.05) is 14.1 Å². The minimum atomic E-state index is -0.0615. The van der Waals surface area contributed by atoms with Crippen LogP contribution in [0.1, 0.15) is 20.2 Å². The minimum Gasteiger partial charge on any atom is -0.369 e. The van der Waals surface area contributed by atoms with E-state index in [2.05, 4.69) is 20.1 Å². The van der Waals surface area contributed by atoms with Gasteiger partial charge >= 0.3 is 0 Å². The van der Waals surface area contributed by atoms with E-state index in [1.807, 2.05) is 25.9 Å². The Bertz CT molecular complexity index is 828. The van der Waals surface area contributed by atoms with Crippen molar-refractivity contribution < 1.29 is 4.79 Å². The van der Waals surface area contributed by atoms with Crippen molar-refractivity contribution in [3.05, 3.63) is 28.0 Å². The SMILES string of the molecule is Cc1c(C(=O)c2cnc(/N=C/N(C)C)s2)sc2ncnn12. The summed E-state index contributed by atoms with van der Waals surface area (Å²) in [5, 5.41) is 4.65. The number of carbonyl (C=O) groups excluding carboxylic acids is 1. The molecular formula is C12H12N6OS2. The number of aliphatic imine (C=N–C) groups is 1. The lowest BCUT2D eigenvalue weighted by Gasteiger charge is -1.99. The Labute approximate surface area is 128 Å². The molecule has 0 fully saturated rings. The quantitative estimate of drug-likeness (QED) is 0.417. The van der Waals surface area contributed by atoms with Gasteiger partial charge in [0.2, 0.25) is 15.9 Å². The summed E-state index contributed by atoms with van der Waals surface area (Å²) in [6, 6.07) is 0. The Morgan fingerprint density at radius 2 is 2.19 bits per heavy atom. The van der Waals surface area contributed by atoms with Crippen LogP contribution in [-0.2, 0) is 0 Å². The first-order chi connectivity index (χ1) is 10.1. The third-order valence-electron chi connectivity index (χ3n) is 2.68. The van der Waals surface area contributed by atoms with Crippen molar-refractivity contribution >= 4 is 44.9 Å². The predicted octanol–water partition coefficient (Wildman–Crippen LogP) is 2.01. The summed E-state index contributed by atoms with van der Waals surface area (Å²) in [5.74, 6) is -0.0615. The fraction of sp³-hybridized carbons (Fsp3) is 0.250. The maximum Gasteiger partial charge on any atom is 0.216 e. The van der Waals surface area contributed by atoms with E-state index < -0.39 is 0 Å². The molecule has 3 aromatic rings. The third-order valence-corrected chi connectivity index (χ3v) is 4.73. The Morgan fingerprint density at radius 1 is 1.38 bits per heavy atom. The zero-order chi connectivity index (χ0) is 15.0. The van der Waals surface area contributed by atoms with Crippen LogP contribution < -0.4 is 0 Å². The van der Waals surface area contributed by atoms with Gasteiger partial charge in [-0.3, -0.25) is 4.79 Å². The van der Waals surface area contributed by atoms with Gasteiger partial charge in [0.15, 0.2) is 0 Å². The molecule has 21 heavy (non-hydrogen) atoms. The molecule has 3 heterocycles. The van der Waals surface area contributed by atoms with Crippen LogP contribution in [0.2, 0.25) is 0 Å². The lowest BCUT2D eigenvalue weighted by Crippen LogP contribution is -2.06. The van der Waals surface area contributed by atoms with Crippen molar-refractivity contribution in [1.29, 1.82) is 0 Å². The maximum absolute atomic E-state index is 12.5. The van der Waals surface area contributed by atoms with Gasteiger partial charge in [0.1, 0.15) is 11.2 Å². The molecule has 0 unspecified atom stereocenters. The fourth-order valence-electron chi connectivity index (χ4n) is 1.71. The summed E-state index contributed by atoms with van der Waals surface area (Å²) in [7, 11) is 3.75. The molecule has 0 saturated heterocycles. The molecule has 0 saturated carbocycles. The fourth-order valence-corrected chi connectivity index (χ4v) is 3.47. The van der Waals surface area contributed by atoms with Gasteiger partial charge in [-0.25, -0.2) is 19.5 Å². The summed E-state index contributed by atoms with van der Waals surface area (Å²) < 4.78 is 1.67. The Balaban J connectivity index is 1.91. The average Bonchev–Trinajstić information content (AvgIpc) is 3.13. The van der Waals surface area contributed by atoms with Crippen molar-refractivity contribution in [2.45, 2.75) is 6.92 Å². The highest BCUT2D eigenvalue weighted by atomic mass is 32.1. The first kappa shape index (κ1) is 13.8. The van der Waals surface area contributed by atoms with Crippen molar-refractivity contribution in [3.8, 4) is 0 Å². The number of fused-ring (bicyclic) bond motifs is 1. The highest BCUT2D eigenvalue weighted by molar-refractivity contribution is 7.21. The molecule has 7 nitrogen and oxygen atoms in total. The molecule has 0 aliphatic heterocycles. The van der Waals surface area contributed by atoms with Gasteiger partial charge in [-0.1, -0.05) is 22.7 Å². The van der Waals surface area contributed by atoms with Crippen LogP contribution >= 0.6 is 22.7 Å². The molecule has 0 amide bonds. The van der Waals surface area contributed by atoms with Crippen LogP contribution in [0.5, 0.6) is 0 Å². The second-order valence-electron chi connectivity index (χ2n) is 4.52. The van der Waals surface area contributed by atoms with Gasteiger partial charge in [-0.15, -0.1) is 0 Å². The first-order valence-electron chi connectivity index (χ1n) is 6.06. The number of aryl methyl sites for hydroxylation is 1. The van der Waals surface area contributed by atoms with E-state index in [1.165, 1.54) is 29.0 Å². The van der Waals surface area contributed by atoms with Crippen LogP contribution in [0.25, 0.3) is 4.96 Å². The van der Waals surface area contributed by atoms with Crippen molar-refractivity contribution in [2.24, 2.45) is 4.99 Å². The topological polar surface area (TPSA) is 75.8 Å². The summed E-state index contributed by atoms with van der Waals surface area (Å²) in [4.78, 5) is 28.7. The standard InChI is InChI=1S/C12H12N6OS2/c1-7-10(21-12-14-5-16-18(7)12)9(19)8-4-13-11(20-8)15-6-17(2)3/h4-6H,1-3H3/b15-6+. The summed E-state index contributed by atoms with van der Waals surface area (Å²) in [5.41, 5.74) is 0.796. The summed E-state index contributed by atoms with van der Waals surface area (Å²) >= 11 is 2.60. The molecule has 3 rings (SSSR count). The minimum absolute atomic E-state index is 0.0615. The van der Waals surface area contributed by atoms with E-state index in [9.17, 15) is 4.79 Å². The number of thiazole rings is 2. The van der Waals surface area contributed by atoms with E-state index in [1.54, 1.807) is 17.1 Å². The molecule has 0 radical (unpaired) electrons. The van der Waals surface area contributed by atoms with Crippen LogP contribution in [0, 0.1) is 6.92 Å². The predicted molar refractivity (Wildman–Crippen MR) is 83.0 cm³/mol. The van der Waals surface area contributed by atoms with Crippen LogP contribution in [0.3, 0.4) is 0 Å². The average molecular weight is 320 g/mol. The molecule has 0 N–H and O–H groups in total. The Hall–Kier alpha value is -2.13. The zero-order valence-corrected chi connectivity index (χ0v) is 13.3. The molecule has 0 atom stereocenters. The van der Waals surface area contributed by atoms with Crippen LogP contribution in [0.4, 0.5) is 5.13 Å². The molecule has 3 aromatic heterocycles. The third kappa shape index (κ3) is 2.57. The second-order valence-corrected chi connectivity index (χ2v) is 6.50. The largest absolute Gasteiger partial charge is 0.369 e. The summed E-state index contributed by atoms with van der Waals surface area (Å²) in [6.45, 7) is 1.86. The van der Waals surface area contributed by atoms with Gasteiger partial charge in [-0.2, -0.15) is 5.10 Å². The zero-order valence-electron chi connectivity index (χ0n) is 11.6. The number of hydrogen-bond acceptors (Lipinski definition) is 7. The van der Waals surface area contributed by atoms with Gasteiger partial charge in [0.25, 0.3) is 0 Å². The monoisotopic (exact) mass is 320 g/mol. The van der Waals surface area contributed by atoms with Crippen LogP contribution in [0.15, 0.2) is 17.5 Å². The van der Waals surface area contributed by atoms with Gasteiger partial charge < -0.3 is 4.90 Å². The Morgan fingerprint density at radius 3 is 2.90 bits per heavy atom. The number of rotatable bonds is 4. The van der Waals surface area contributed by atoms with Crippen molar-refractivity contribution in [3.63, 3.8) is 0 Å². The molecule has 108 valence electrons. The molecule has 0 spiro atoms. The van der Waals surface area contributed by atoms with Gasteiger partial charge in [0, 0.05) is 14.1 Å². The number of ketones is 1. The second kappa shape index (κ2) is 5.34. The van der Waals surface area contributed by atoms with E-state index >= 15 is 0 Å².